The Morgan fingerprint density at radius 3 is 2.86 bits per heavy atom. The van der Waals surface area contributed by atoms with Crippen LogP contribution in [0.1, 0.15) is 32.3 Å². The van der Waals surface area contributed by atoms with Crippen LogP contribution in [0, 0.1) is 0 Å². The Morgan fingerprint density at radius 2 is 2.24 bits per heavy atom. The molecular formula is C16H24BrNO3. The van der Waals surface area contributed by atoms with Crippen LogP contribution in [0.4, 0.5) is 0 Å². The molecule has 0 saturated carbocycles. The molecule has 1 atom stereocenters. The number of hydrogen-bond donors (Lipinski definition) is 1. The van der Waals surface area contributed by atoms with E-state index in [9.17, 15) is 0 Å². The molecule has 0 amide bonds. The molecule has 4 nitrogen and oxygen atoms in total. The monoisotopic (exact) mass is 357 g/mol. The van der Waals surface area contributed by atoms with Gasteiger partial charge in [0.15, 0.2) is 11.5 Å². The van der Waals surface area contributed by atoms with Crippen LogP contribution in [0.5, 0.6) is 11.5 Å². The zero-order valence-corrected chi connectivity index (χ0v) is 14.6. The summed E-state index contributed by atoms with van der Waals surface area (Å²) in [5.74, 6) is 1.54. The first kappa shape index (κ1) is 16.6. The van der Waals surface area contributed by atoms with Crippen molar-refractivity contribution in [2.45, 2.75) is 38.8 Å². The second kappa shape index (κ2) is 7.47. The summed E-state index contributed by atoms with van der Waals surface area (Å²) in [5.41, 5.74) is 1.23. The molecule has 1 unspecified atom stereocenters. The van der Waals surface area contributed by atoms with Crippen LogP contribution < -0.4 is 14.8 Å². The number of nitrogens with one attached hydrogen (secondary N) is 1. The molecule has 21 heavy (non-hydrogen) atoms. The van der Waals surface area contributed by atoms with Gasteiger partial charge in [0.2, 0.25) is 0 Å². The van der Waals surface area contributed by atoms with E-state index in [0.717, 1.165) is 54.1 Å². The second-order valence-electron chi connectivity index (χ2n) is 5.67. The first-order valence-electron chi connectivity index (χ1n) is 7.40. The predicted molar refractivity (Wildman–Crippen MR) is 87.2 cm³/mol. The lowest BCUT2D eigenvalue weighted by atomic mass is 10.0. The van der Waals surface area contributed by atoms with E-state index in [1.165, 1.54) is 0 Å². The Hall–Kier alpha value is -0.780. The summed E-state index contributed by atoms with van der Waals surface area (Å²) in [4.78, 5) is 0. The number of ether oxygens (including phenoxy) is 3. The maximum atomic E-state index is 5.75. The van der Waals surface area contributed by atoms with Crippen molar-refractivity contribution in [3.63, 3.8) is 0 Å². The molecule has 0 radical (unpaired) electrons. The normalized spacial score (nSPS) is 21.5. The van der Waals surface area contributed by atoms with Gasteiger partial charge in [0.25, 0.3) is 0 Å². The van der Waals surface area contributed by atoms with Crippen molar-refractivity contribution >= 4 is 15.9 Å². The molecule has 1 heterocycles. The van der Waals surface area contributed by atoms with Gasteiger partial charge in [-0.1, -0.05) is 6.92 Å². The van der Waals surface area contributed by atoms with Crippen molar-refractivity contribution in [2.75, 3.05) is 26.9 Å². The maximum absolute atomic E-state index is 5.75. The molecule has 1 aliphatic rings. The fourth-order valence-electron chi connectivity index (χ4n) is 2.34. The molecule has 1 N–H and O–H groups in total. The Balaban J connectivity index is 2.08. The average Bonchev–Trinajstić information content (AvgIpc) is 2.91. The van der Waals surface area contributed by atoms with Gasteiger partial charge in [-0.25, -0.2) is 0 Å². The minimum Gasteiger partial charge on any atom is -0.493 e. The Morgan fingerprint density at radius 1 is 1.43 bits per heavy atom. The van der Waals surface area contributed by atoms with Gasteiger partial charge in [-0.15, -0.1) is 0 Å². The van der Waals surface area contributed by atoms with E-state index in [4.69, 9.17) is 14.2 Å². The summed E-state index contributed by atoms with van der Waals surface area (Å²) in [6.45, 7) is 7.35. The highest BCUT2D eigenvalue weighted by molar-refractivity contribution is 9.10. The molecule has 1 aliphatic heterocycles. The van der Waals surface area contributed by atoms with E-state index >= 15 is 0 Å². The summed E-state index contributed by atoms with van der Waals surface area (Å²) < 4.78 is 17.6. The van der Waals surface area contributed by atoms with Gasteiger partial charge in [0.05, 0.1) is 24.8 Å². The molecule has 0 bridgehead atoms. The van der Waals surface area contributed by atoms with E-state index in [1.54, 1.807) is 7.11 Å². The number of rotatable bonds is 7. The lowest BCUT2D eigenvalue weighted by Crippen LogP contribution is -2.42. The van der Waals surface area contributed by atoms with Crippen molar-refractivity contribution in [1.82, 2.24) is 5.32 Å². The van der Waals surface area contributed by atoms with E-state index in [1.807, 2.05) is 6.07 Å². The van der Waals surface area contributed by atoms with Crippen LogP contribution in [0.3, 0.4) is 0 Å². The SMILES string of the molecule is CCCOc1c(Br)cc(CNC2(C)CCOC2)cc1OC. The maximum Gasteiger partial charge on any atom is 0.175 e. The van der Waals surface area contributed by atoms with E-state index < -0.39 is 0 Å². The smallest absolute Gasteiger partial charge is 0.175 e. The Bertz CT molecular complexity index is 473. The highest BCUT2D eigenvalue weighted by Crippen LogP contribution is 2.37. The molecule has 1 fully saturated rings. The van der Waals surface area contributed by atoms with Crippen LogP contribution >= 0.6 is 15.9 Å². The van der Waals surface area contributed by atoms with Crippen molar-refractivity contribution in [3.8, 4) is 11.5 Å². The van der Waals surface area contributed by atoms with Gasteiger partial charge in [0, 0.05) is 18.7 Å². The van der Waals surface area contributed by atoms with Gasteiger partial charge in [0.1, 0.15) is 0 Å². The predicted octanol–water partition coefficient (Wildman–Crippen LogP) is 3.52. The molecule has 0 spiro atoms. The van der Waals surface area contributed by atoms with E-state index in [-0.39, 0.29) is 5.54 Å². The molecule has 2 rings (SSSR count). The summed E-state index contributed by atoms with van der Waals surface area (Å²) in [6.07, 6.45) is 2.01. The zero-order valence-electron chi connectivity index (χ0n) is 13.0. The van der Waals surface area contributed by atoms with Crippen molar-refractivity contribution in [3.05, 3.63) is 22.2 Å². The minimum absolute atomic E-state index is 0.0666. The summed E-state index contributed by atoms with van der Waals surface area (Å²) >= 11 is 3.58. The highest BCUT2D eigenvalue weighted by Gasteiger charge is 2.28. The third-order valence-corrected chi connectivity index (χ3v) is 4.27. The first-order valence-corrected chi connectivity index (χ1v) is 8.19. The van der Waals surface area contributed by atoms with Gasteiger partial charge in [-0.05, 0) is 53.4 Å². The number of benzene rings is 1. The Kier molecular flexibility index (Phi) is 5.90. The van der Waals surface area contributed by atoms with Crippen molar-refractivity contribution in [2.24, 2.45) is 0 Å². The van der Waals surface area contributed by atoms with Crippen molar-refractivity contribution < 1.29 is 14.2 Å². The lowest BCUT2D eigenvalue weighted by molar-refractivity contribution is 0.171. The molecule has 0 aromatic heterocycles. The lowest BCUT2D eigenvalue weighted by Gasteiger charge is -2.24. The fraction of sp³-hybridized carbons (Fsp3) is 0.625. The van der Waals surface area contributed by atoms with Crippen LogP contribution in [0.25, 0.3) is 0 Å². The second-order valence-corrected chi connectivity index (χ2v) is 6.53. The summed E-state index contributed by atoms with van der Waals surface area (Å²) in [5, 5.41) is 3.57. The quantitative estimate of drug-likeness (QED) is 0.810. The van der Waals surface area contributed by atoms with Crippen molar-refractivity contribution in [1.29, 1.82) is 0 Å². The van der Waals surface area contributed by atoms with Crippen LogP contribution in [-0.2, 0) is 11.3 Å². The molecule has 1 aromatic carbocycles. The van der Waals surface area contributed by atoms with Gasteiger partial charge < -0.3 is 19.5 Å². The Labute approximate surface area is 135 Å². The number of methoxy groups -OCH3 is 1. The van der Waals surface area contributed by atoms with Crippen LogP contribution in [-0.4, -0.2) is 32.5 Å². The molecule has 1 aromatic rings. The summed E-state index contributed by atoms with van der Waals surface area (Å²) in [6, 6.07) is 4.11. The molecular weight excluding hydrogens is 334 g/mol. The topological polar surface area (TPSA) is 39.7 Å². The largest absolute Gasteiger partial charge is 0.493 e. The van der Waals surface area contributed by atoms with E-state index in [2.05, 4.69) is 41.2 Å². The van der Waals surface area contributed by atoms with Gasteiger partial charge >= 0.3 is 0 Å². The van der Waals surface area contributed by atoms with E-state index in [0.29, 0.717) is 6.61 Å². The third-order valence-electron chi connectivity index (χ3n) is 3.68. The number of hydrogen-bond acceptors (Lipinski definition) is 4. The third kappa shape index (κ3) is 4.34. The standard InChI is InChI=1S/C16H24BrNO3/c1-4-6-21-15-13(17)8-12(9-14(15)19-3)10-18-16(2)5-7-20-11-16/h8-9,18H,4-7,10-11H2,1-3H3. The fourth-order valence-corrected chi connectivity index (χ4v) is 2.95. The zero-order chi connectivity index (χ0) is 15.3. The average molecular weight is 358 g/mol. The first-order chi connectivity index (χ1) is 10.1. The molecule has 5 heteroatoms. The molecule has 0 aliphatic carbocycles. The van der Waals surface area contributed by atoms with Crippen LogP contribution in [0.2, 0.25) is 0 Å². The molecule has 1 saturated heterocycles. The summed E-state index contributed by atoms with van der Waals surface area (Å²) in [7, 11) is 1.67. The minimum atomic E-state index is 0.0666. The van der Waals surface area contributed by atoms with Crippen LogP contribution in [0.15, 0.2) is 16.6 Å². The number of halogens is 1. The van der Waals surface area contributed by atoms with Gasteiger partial charge in [-0.2, -0.15) is 0 Å². The molecule has 118 valence electrons. The van der Waals surface area contributed by atoms with Gasteiger partial charge in [-0.3, -0.25) is 0 Å². The highest BCUT2D eigenvalue weighted by atomic mass is 79.9.